The molecule has 2 aromatic rings. The first-order valence-electron chi connectivity index (χ1n) is 8.05. The molecule has 1 aliphatic heterocycles. The number of nitrogens with zero attached hydrogens (tertiary/aromatic N) is 1. The van der Waals surface area contributed by atoms with Gasteiger partial charge in [-0.3, -0.25) is 4.79 Å². The molecule has 0 aliphatic carbocycles. The second-order valence-corrected chi connectivity index (χ2v) is 5.70. The second kappa shape index (κ2) is 7.81. The number of hydrogen-bond donors (Lipinski definition) is 1. The summed E-state index contributed by atoms with van der Waals surface area (Å²) in [7, 11) is 0. The Kier molecular flexibility index (Phi) is 5.30. The summed E-state index contributed by atoms with van der Waals surface area (Å²) in [4.78, 5) is 25.7. The molecule has 6 heteroatoms. The SMILES string of the molecule is O=C(O)[C@@H]1CN(C(=O)[C@H](Oc2ccccc2)c2ccccc2)CCO1. The summed E-state index contributed by atoms with van der Waals surface area (Å²) in [5.41, 5.74) is 0.717. The summed E-state index contributed by atoms with van der Waals surface area (Å²) < 4.78 is 11.1. The van der Waals surface area contributed by atoms with E-state index in [1.54, 1.807) is 12.1 Å². The number of hydrogen-bond acceptors (Lipinski definition) is 4. The van der Waals surface area contributed by atoms with E-state index in [-0.39, 0.29) is 19.1 Å². The van der Waals surface area contributed by atoms with Crippen molar-refractivity contribution < 1.29 is 24.2 Å². The van der Waals surface area contributed by atoms with Gasteiger partial charge in [0.15, 0.2) is 6.10 Å². The Morgan fingerprint density at radius 1 is 1.08 bits per heavy atom. The lowest BCUT2D eigenvalue weighted by atomic mass is 10.1. The smallest absolute Gasteiger partial charge is 0.334 e. The number of ether oxygens (including phenoxy) is 2. The molecule has 0 aromatic heterocycles. The summed E-state index contributed by atoms with van der Waals surface area (Å²) in [5, 5.41) is 9.13. The molecule has 1 fully saturated rings. The van der Waals surface area contributed by atoms with Crippen LogP contribution in [0.5, 0.6) is 5.75 Å². The Hall–Kier alpha value is -2.86. The van der Waals surface area contributed by atoms with Gasteiger partial charge < -0.3 is 19.5 Å². The predicted molar refractivity (Wildman–Crippen MR) is 90.2 cm³/mol. The van der Waals surface area contributed by atoms with Crippen LogP contribution in [-0.4, -0.2) is 47.7 Å². The fourth-order valence-electron chi connectivity index (χ4n) is 2.69. The monoisotopic (exact) mass is 341 g/mol. The average molecular weight is 341 g/mol. The molecule has 0 radical (unpaired) electrons. The molecule has 1 amide bonds. The average Bonchev–Trinajstić information content (AvgIpc) is 2.67. The van der Waals surface area contributed by atoms with E-state index in [1.807, 2.05) is 48.5 Å². The molecule has 2 atom stereocenters. The standard InChI is InChI=1S/C19H19NO5/c21-18(20-11-12-24-16(13-20)19(22)23)17(14-7-3-1-4-8-14)25-15-9-5-2-6-10-15/h1-10,16-17H,11-13H2,(H,22,23)/t16-,17+/m0/s1. The minimum absolute atomic E-state index is 0.00957. The van der Waals surface area contributed by atoms with Crippen LogP contribution in [-0.2, 0) is 14.3 Å². The van der Waals surface area contributed by atoms with Gasteiger partial charge in [0.25, 0.3) is 5.91 Å². The van der Waals surface area contributed by atoms with Crippen LogP contribution in [0.1, 0.15) is 11.7 Å². The number of carboxylic acids is 1. The van der Waals surface area contributed by atoms with Gasteiger partial charge in [0, 0.05) is 12.1 Å². The van der Waals surface area contributed by atoms with Crippen LogP contribution in [0.4, 0.5) is 0 Å². The van der Waals surface area contributed by atoms with Gasteiger partial charge in [0.2, 0.25) is 6.10 Å². The molecule has 1 heterocycles. The molecule has 25 heavy (non-hydrogen) atoms. The van der Waals surface area contributed by atoms with E-state index in [2.05, 4.69) is 0 Å². The zero-order valence-corrected chi connectivity index (χ0v) is 13.6. The van der Waals surface area contributed by atoms with Gasteiger partial charge in [-0.25, -0.2) is 4.79 Å². The summed E-state index contributed by atoms with van der Waals surface area (Å²) in [5.74, 6) is -0.768. The Morgan fingerprint density at radius 3 is 2.36 bits per heavy atom. The number of para-hydroxylation sites is 1. The van der Waals surface area contributed by atoms with Gasteiger partial charge >= 0.3 is 5.97 Å². The lowest BCUT2D eigenvalue weighted by Gasteiger charge is -2.33. The van der Waals surface area contributed by atoms with Crippen molar-refractivity contribution in [1.29, 1.82) is 0 Å². The van der Waals surface area contributed by atoms with Crippen LogP contribution < -0.4 is 4.74 Å². The highest BCUT2D eigenvalue weighted by atomic mass is 16.5. The van der Waals surface area contributed by atoms with Crippen molar-refractivity contribution in [3.63, 3.8) is 0 Å². The van der Waals surface area contributed by atoms with E-state index < -0.39 is 18.2 Å². The molecule has 1 aliphatic rings. The minimum Gasteiger partial charge on any atom is -0.479 e. The maximum absolute atomic E-state index is 13.0. The van der Waals surface area contributed by atoms with Gasteiger partial charge in [0.05, 0.1) is 13.2 Å². The van der Waals surface area contributed by atoms with E-state index >= 15 is 0 Å². The zero-order valence-electron chi connectivity index (χ0n) is 13.6. The molecule has 0 saturated carbocycles. The molecule has 130 valence electrons. The van der Waals surface area contributed by atoms with E-state index in [0.29, 0.717) is 12.3 Å². The summed E-state index contributed by atoms with van der Waals surface area (Å²) in [6.07, 6.45) is -1.85. The Balaban J connectivity index is 1.83. The van der Waals surface area contributed by atoms with Gasteiger partial charge in [0.1, 0.15) is 5.75 Å². The molecule has 2 aromatic carbocycles. The molecule has 1 N–H and O–H groups in total. The predicted octanol–water partition coefficient (Wildman–Crippen LogP) is 2.12. The number of rotatable bonds is 5. The first-order valence-corrected chi connectivity index (χ1v) is 8.05. The summed E-state index contributed by atoms with van der Waals surface area (Å²) in [6.45, 7) is 0.537. The third-order valence-corrected chi connectivity index (χ3v) is 3.98. The lowest BCUT2D eigenvalue weighted by molar-refractivity contribution is -0.161. The maximum atomic E-state index is 13.0. The first kappa shape index (κ1) is 17.0. The fraction of sp³-hybridized carbons (Fsp3) is 0.263. The number of carboxylic acid groups (broad SMARTS) is 1. The topological polar surface area (TPSA) is 76.1 Å². The number of morpholine rings is 1. The van der Waals surface area contributed by atoms with Gasteiger partial charge in [-0.1, -0.05) is 48.5 Å². The third kappa shape index (κ3) is 4.16. The molecule has 1 saturated heterocycles. The molecule has 3 rings (SSSR count). The molecule has 0 unspecified atom stereocenters. The Bertz CT molecular complexity index is 719. The van der Waals surface area contributed by atoms with Crippen LogP contribution >= 0.6 is 0 Å². The van der Waals surface area contributed by atoms with Crippen LogP contribution in [0.3, 0.4) is 0 Å². The van der Waals surface area contributed by atoms with E-state index in [0.717, 1.165) is 5.56 Å². The Morgan fingerprint density at radius 2 is 1.72 bits per heavy atom. The van der Waals surface area contributed by atoms with Crippen LogP contribution in [0.2, 0.25) is 0 Å². The van der Waals surface area contributed by atoms with Crippen molar-refractivity contribution in [3.8, 4) is 5.75 Å². The largest absolute Gasteiger partial charge is 0.479 e. The van der Waals surface area contributed by atoms with Crippen LogP contribution in [0.15, 0.2) is 60.7 Å². The third-order valence-electron chi connectivity index (χ3n) is 3.98. The van der Waals surface area contributed by atoms with Crippen molar-refractivity contribution in [2.45, 2.75) is 12.2 Å². The maximum Gasteiger partial charge on any atom is 0.334 e. The molecule has 0 spiro atoms. The quantitative estimate of drug-likeness (QED) is 0.901. The normalized spacial score (nSPS) is 18.4. The minimum atomic E-state index is -1.07. The number of carbonyl (C=O) groups is 2. The highest BCUT2D eigenvalue weighted by Crippen LogP contribution is 2.24. The number of benzene rings is 2. The lowest BCUT2D eigenvalue weighted by Crippen LogP contribution is -2.50. The highest BCUT2D eigenvalue weighted by Gasteiger charge is 2.34. The van der Waals surface area contributed by atoms with Crippen LogP contribution in [0, 0.1) is 0 Å². The van der Waals surface area contributed by atoms with E-state index in [1.165, 1.54) is 4.90 Å². The molecular formula is C19H19NO5. The molecule has 6 nitrogen and oxygen atoms in total. The molecular weight excluding hydrogens is 322 g/mol. The van der Waals surface area contributed by atoms with Crippen molar-refractivity contribution >= 4 is 11.9 Å². The number of aliphatic carboxylic acids is 1. The zero-order chi connectivity index (χ0) is 17.6. The van der Waals surface area contributed by atoms with Crippen molar-refractivity contribution in [1.82, 2.24) is 4.90 Å². The van der Waals surface area contributed by atoms with Gasteiger partial charge in [-0.2, -0.15) is 0 Å². The van der Waals surface area contributed by atoms with Crippen molar-refractivity contribution in [2.24, 2.45) is 0 Å². The summed E-state index contributed by atoms with van der Waals surface area (Å²) in [6, 6.07) is 18.3. The van der Waals surface area contributed by atoms with Gasteiger partial charge in [-0.15, -0.1) is 0 Å². The molecule has 0 bridgehead atoms. The second-order valence-electron chi connectivity index (χ2n) is 5.70. The van der Waals surface area contributed by atoms with E-state index in [4.69, 9.17) is 14.6 Å². The number of amides is 1. The van der Waals surface area contributed by atoms with Crippen molar-refractivity contribution in [3.05, 3.63) is 66.2 Å². The van der Waals surface area contributed by atoms with E-state index in [9.17, 15) is 9.59 Å². The fourth-order valence-corrected chi connectivity index (χ4v) is 2.69. The summed E-state index contributed by atoms with van der Waals surface area (Å²) >= 11 is 0. The highest BCUT2D eigenvalue weighted by molar-refractivity contribution is 5.84. The number of carbonyl (C=O) groups excluding carboxylic acids is 1. The first-order chi connectivity index (χ1) is 12.1. The Labute approximate surface area is 145 Å². The van der Waals surface area contributed by atoms with Gasteiger partial charge in [-0.05, 0) is 12.1 Å². The van der Waals surface area contributed by atoms with Crippen molar-refractivity contribution in [2.75, 3.05) is 19.7 Å². The van der Waals surface area contributed by atoms with Crippen LogP contribution in [0.25, 0.3) is 0 Å².